The number of nitro groups is 1. The van der Waals surface area contributed by atoms with Gasteiger partial charge in [-0.3, -0.25) is 15.2 Å². The predicted molar refractivity (Wildman–Crippen MR) is 89.3 cm³/mol. The van der Waals surface area contributed by atoms with Crippen molar-refractivity contribution < 1.29 is 9.66 Å². The predicted octanol–water partition coefficient (Wildman–Crippen LogP) is 4.27. The highest BCUT2D eigenvalue weighted by molar-refractivity contribution is 6.42. The number of rotatable bonds is 5. The van der Waals surface area contributed by atoms with Crippen molar-refractivity contribution in [1.82, 2.24) is 15.2 Å². The number of hydrogen-bond donors (Lipinski definition) is 1. The second-order valence-electron chi connectivity index (χ2n) is 4.75. The van der Waals surface area contributed by atoms with Gasteiger partial charge in [0.2, 0.25) is 0 Å². The third-order valence-corrected chi connectivity index (χ3v) is 3.93. The lowest BCUT2D eigenvalue weighted by Crippen LogP contribution is -1.98. The summed E-state index contributed by atoms with van der Waals surface area (Å²) in [4.78, 5) is 14.6. The van der Waals surface area contributed by atoms with Crippen molar-refractivity contribution in [3.63, 3.8) is 0 Å². The van der Waals surface area contributed by atoms with Crippen LogP contribution >= 0.6 is 23.2 Å². The fourth-order valence-electron chi connectivity index (χ4n) is 1.99. The van der Waals surface area contributed by atoms with Gasteiger partial charge >= 0.3 is 0 Å². The van der Waals surface area contributed by atoms with Crippen LogP contribution in [0.3, 0.4) is 0 Å². The van der Waals surface area contributed by atoms with Crippen LogP contribution in [-0.2, 0) is 6.61 Å². The lowest BCUT2D eigenvalue weighted by Gasteiger charge is -2.06. The molecule has 3 aromatic rings. The maximum absolute atomic E-state index is 10.8. The molecule has 0 saturated carbocycles. The molecule has 24 heavy (non-hydrogen) atoms. The highest BCUT2D eigenvalue weighted by Gasteiger charge is 2.12. The summed E-state index contributed by atoms with van der Waals surface area (Å²) >= 11 is 12.0. The van der Waals surface area contributed by atoms with Gasteiger partial charge in [0.25, 0.3) is 5.69 Å². The van der Waals surface area contributed by atoms with Gasteiger partial charge in [0.1, 0.15) is 17.4 Å². The van der Waals surface area contributed by atoms with E-state index in [9.17, 15) is 10.1 Å². The fraction of sp³-hybridized carbons (Fsp3) is 0.0667. The first-order chi connectivity index (χ1) is 11.5. The lowest BCUT2D eigenvalue weighted by molar-refractivity contribution is -0.384. The molecular weight excluding hydrogens is 355 g/mol. The van der Waals surface area contributed by atoms with Gasteiger partial charge < -0.3 is 4.74 Å². The number of aromatic nitrogens is 3. The lowest BCUT2D eigenvalue weighted by atomic mass is 10.2. The third-order valence-electron chi connectivity index (χ3n) is 3.13. The molecule has 1 aromatic heterocycles. The maximum atomic E-state index is 10.8. The van der Waals surface area contributed by atoms with Gasteiger partial charge in [-0.2, -0.15) is 5.10 Å². The Balaban J connectivity index is 1.75. The summed E-state index contributed by atoms with van der Waals surface area (Å²) in [7, 11) is 0. The number of non-ortho nitro benzene ring substituents is 1. The molecule has 0 saturated heterocycles. The van der Waals surface area contributed by atoms with Gasteiger partial charge in [0.05, 0.1) is 9.95 Å². The highest BCUT2D eigenvalue weighted by atomic mass is 35.5. The molecule has 9 heteroatoms. The molecule has 0 amide bonds. The zero-order chi connectivity index (χ0) is 17.1. The van der Waals surface area contributed by atoms with E-state index < -0.39 is 4.92 Å². The Kier molecular flexibility index (Phi) is 4.64. The Morgan fingerprint density at radius 1 is 1.21 bits per heavy atom. The number of benzene rings is 2. The Bertz CT molecular complexity index is 898. The first kappa shape index (κ1) is 16.2. The number of ether oxygens (including phenoxy) is 1. The van der Waals surface area contributed by atoms with E-state index in [1.165, 1.54) is 12.1 Å². The first-order valence-corrected chi connectivity index (χ1v) is 7.53. The van der Waals surface area contributed by atoms with Gasteiger partial charge in [0, 0.05) is 17.7 Å². The van der Waals surface area contributed by atoms with Gasteiger partial charge in [-0.15, -0.1) is 0 Å². The van der Waals surface area contributed by atoms with E-state index >= 15 is 0 Å². The largest absolute Gasteiger partial charge is 0.484 e. The quantitative estimate of drug-likeness (QED) is 0.538. The fourth-order valence-corrected chi connectivity index (χ4v) is 2.34. The number of nitrogens with one attached hydrogen (secondary N) is 1. The molecule has 0 aliphatic heterocycles. The van der Waals surface area contributed by atoms with Crippen molar-refractivity contribution in [1.29, 1.82) is 0 Å². The number of halogens is 2. The first-order valence-electron chi connectivity index (χ1n) is 6.77. The van der Waals surface area contributed by atoms with E-state index in [1.807, 2.05) is 0 Å². The van der Waals surface area contributed by atoms with Crippen LogP contribution in [0.2, 0.25) is 10.0 Å². The van der Waals surface area contributed by atoms with Crippen molar-refractivity contribution in [2.75, 3.05) is 0 Å². The Morgan fingerprint density at radius 2 is 2.00 bits per heavy atom. The molecule has 0 unspecified atom stereocenters. The van der Waals surface area contributed by atoms with Crippen LogP contribution in [-0.4, -0.2) is 20.1 Å². The van der Waals surface area contributed by atoms with Crippen LogP contribution in [0, 0.1) is 10.1 Å². The Hall–Kier alpha value is -2.64. The molecule has 122 valence electrons. The summed E-state index contributed by atoms with van der Waals surface area (Å²) in [5.41, 5.74) is 0.508. The molecule has 0 atom stereocenters. The molecule has 0 bridgehead atoms. The summed E-state index contributed by atoms with van der Waals surface area (Å²) in [6.07, 6.45) is 0. The molecule has 1 N–H and O–H groups in total. The van der Waals surface area contributed by atoms with Gasteiger partial charge in [-0.05, 0) is 12.1 Å². The van der Waals surface area contributed by atoms with E-state index in [2.05, 4.69) is 15.2 Å². The zero-order valence-electron chi connectivity index (χ0n) is 12.1. The summed E-state index contributed by atoms with van der Waals surface area (Å²) < 4.78 is 5.56. The summed E-state index contributed by atoms with van der Waals surface area (Å²) in [6, 6.07) is 11.1. The Morgan fingerprint density at radius 3 is 2.79 bits per heavy atom. The smallest absolute Gasteiger partial charge is 0.270 e. The number of hydrogen-bond acceptors (Lipinski definition) is 5. The van der Waals surface area contributed by atoms with E-state index in [0.29, 0.717) is 33.0 Å². The van der Waals surface area contributed by atoms with Crippen LogP contribution in [0.4, 0.5) is 5.69 Å². The molecule has 0 spiro atoms. The van der Waals surface area contributed by atoms with Crippen LogP contribution < -0.4 is 4.74 Å². The van der Waals surface area contributed by atoms with E-state index in [-0.39, 0.29) is 12.3 Å². The number of nitro benzene ring substituents is 1. The van der Waals surface area contributed by atoms with E-state index in [0.717, 1.165) is 0 Å². The second kappa shape index (κ2) is 6.86. The van der Waals surface area contributed by atoms with Gasteiger partial charge in [-0.25, -0.2) is 4.98 Å². The monoisotopic (exact) mass is 364 g/mol. The number of H-pyrrole nitrogens is 1. The minimum Gasteiger partial charge on any atom is -0.484 e. The molecule has 0 aliphatic rings. The van der Waals surface area contributed by atoms with Crippen molar-refractivity contribution in [2.45, 2.75) is 6.61 Å². The van der Waals surface area contributed by atoms with Gasteiger partial charge in [-0.1, -0.05) is 41.4 Å². The molecule has 1 heterocycles. The second-order valence-corrected chi connectivity index (χ2v) is 5.54. The summed E-state index contributed by atoms with van der Waals surface area (Å²) in [6.45, 7) is 0.0992. The minimum atomic E-state index is -0.471. The van der Waals surface area contributed by atoms with E-state index in [1.54, 1.807) is 30.3 Å². The van der Waals surface area contributed by atoms with Crippen molar-refractivity contribution in [3.8, 4) is 17.1 Å². The van der Waals surface area contributed by atoms with Crippen molar-refractivity contribution in [3.05, 3.63) is 68.4 Å². The van der Waals surface area contributed by atoms with Crippen molar-refractivity contribution >= 4 is 28.9 Å². The molecule has 2 aromatic carbocycles. The molecule has 0 fully saturated rings. The van der Waals surface area contributed by atoms with Crippen LogP contribution in [0.25, 0.3) is 11.4 Å². The zero-order valence-corrected chi connectivity index (χ0v) is 13.6. The summed E-state index contributed by atoms with van der Waals surface area (Å²) in [5.74, 6) is 1.22. The minimum absolute atomic E-state index is 0.0270. The summed E-state index contributed by atoms with van der Waals surface area (Å²) in [5, 5.41) is 18.3. The SMILES string of the molecule is O=[N+]([O-])c1cccc(-c2n[nH]c(COc3cccc(Cl)c3Cl)n2)c1. The van der Waals surface area contributed by atoms with Crippen LogP contribution in [0.15, 0.2) is 42.5 Å². The average Bonchev–Trinajstić information content (AvgIpc) is 3.05. The average molecular weight is 365 g/mol. The molecule has 0 radical (unpaired) electrons. The maximum Gasteiger partial charge on any atom is 0.270 e. The van der Waals surface area contributed by atoms with E-state index in [4.69, 9.17) is 27.9 Å². The standard InChI is InChI=1S/C15H10Cl2N4O3/c16-11-5-2-6-12(14(11)17)24-8-13-18-15(20-19-13)9-3-1-4-10(7-9)21(22)23/h1-7H,8H2,(H,18,19,20). The molecule has 0 aliphatic carbocycles. The topological polar surface area (TPSA) is 93.9 Å². The molecule has 3 rings (SSSR count). The van der Waals surface area contributed by atoms with Crippen LogP contribution in [0.1, 0.15) is 5.82 Å². The highest BCUT2D eigenvalue weighted by Crippen LogP contribution is 2.31. The third kappa shape index (κ3) is 3.47. The van der Waals surface area contributed by atoms with Crippen molar-refractivity contribution in [2.24, 2.45) is 0 Å². The number of aromatic amines is 1. The molecular formula is C15H10Cl2N4O3. The Labute approximate surface area is 146 Å². The van der Waals surface area contributed by atoms with Gasteiger partial charge in [0.15, 0.2) is 11.6 Å². The molecule has 7 nitrogen and oxygen atoms in total. The van der Waals surface area contributed by atoms with Crippen LogP contribution in [0.5, 0.6) is 5.75 Å². The normalized spacial score (nSPS) is 10.6. The number of nitrogens with zero attached hydrogens (tertiary/aromatic N) is 3.